The monoisotopic (exact) mass is 315 g/mol. The van der Waals surface area contributed by atoms with Crippen LogP contribution in [-0.4, -0.2) is 15.0 Å². The molecule has 0 saturated carbocycles. The van der Waals surface area contributed by atoms with Gasteiger partial charge in [-0.3, -0.25) is 0 Å². The molecule has 0 aliphatic rings. The molecule has 0 spiro atoms. The zero-order valence-corrected chi connectivity index (χ0v) is 13.5. The van der Waals surface area contributed by atoms with Gasteiger partial charge in [-0.1, -0.05) is 60.2 Å². The molecule has 0 unspecified atom stereocenters. The second-order valence-electron chi connectivity index (χ2n) is 5.17. The lowest BCUT2D eigenvalue weighted by atomic mass is 10.2. The van der Waals surface area contributed by atoms with Crippen LogP contribution < -0.4 is 4.72 Å². The van der Waals surface area contributed by atoms with Gasteiger partial charge in [-0.15, -0.1) is 0 Å². The number of benzene rings is 2. The van der Waals surface area contributed by atoms with Crippen LogP contribution in [0.15, 0.2) is 65.6 Å². The van der Waals surface area contributed by atoms with Crippen molar-refractivity contribution in [1.82, 2.24) is 4.72 Å². The largest absolute Gasteiger partial charge is 0.240 e. The first-order chi connectivity index (χ1) is 10.6. The van der Waals surface area contributed by atoms with Crippen molar-refractivity contribution in [3.63, 3.8) is 0 Å². The number of unbranched alkanes of at least 4 members (excludes halogenated alkanes) is 1. The van der Waals surface area contributed by atoms with E-state index in [2.05, 4.69) is 16.9 Å². The lowest BCUT2D eigenvalue weighted by molar-refractivity contribution is 0.579. The average molecular weight is 315 g/mol. The summed E-state index contributed by atoms with van der Waals surface area (Å²) >= 11 is 0. The molecule has 116 valence electrons. The van der Waals surface area contributed by atoms with Gasteiger partial charge < -0.3 is 0 Å². The van der Waals surface area contributed by atoms with Crippen molar-refractivity contribution in [2.45, 2.75) is 24.7 Å². The van der Waals surface area contributed by atoms with Crippen LogP contribution in [0, 0.1) is 6.92 Å². The summed E-state index contributed by atoms with van der Waals surface area (Å²) in [5, 5.41) is 0. The van der Waals surface area contributed by atoms with Gasteiger partial charge in [0.25, 0.3) is 0 Å². The van der Waals surface area contributed by atoms with Crippen molar-refractivity contribution < 1.29 is 8.42 Å². The van der Waals surface area contributed by atoms with Crippen molar-refractivity contribution >= 4 is 16.1 Å². The zero-order chi connectivity index (χ0) is 15.8. The van der Waals surface area contributed by atoms with Crippen LogP contribution in [0.3, 0.4) is 0 Å². The minimum atomic E-state index is -3.39. The third-order valence-corrected chi connectivity index (χ3v) is 4.76. The van der Waals surface area contributed by atoms with Gasteiger partial charge in [0.05, 0.1) is 4.90 Å². The zero-order valence-electron chi connectivity index (χ0n) is 12.7. The van der Waals surface area contributed by atoms with Crippen LogP contribution in [0.4, 0.5) is 0 Å². The van der Waals surface area contributed by atoms with Crippen LogP contribution in [0.1, 0.15) is 24.0 Å². The highest BCUT2D eigenvalue weighted by Crippen LogP contribution is 2.10. The fourth-order valence-corrected chi connectivity index (χ4v) is 3.08. The fourth-order valence-electron chi connectivity index (χ4n) is 2.01. The van der Waals surface area contributed by atoms with Crippen molar-refractivity contribution in [3.8, 4) is 0 Å². The number of hydrogen-bond donors (Lipinski definition) is 1. The van der Waals surface area contributed by atoms with Gasteiger partial charge in [0.15, 0.2) is 0 Å². The summed E-state index contributed by atoms with van der Waals surface area (Å²) in [5.41, 5.74) is 2.20. The molecule has 0 atom stereocenters. The minimum absolute atomic E-state index is 0.318. The second kappa shape index (κ2) is 7.92. The third-order valence-electron chi connectivity index (χ3n) is 3.28. The predicted molar refractivity (Wildman–Crippen MR) is 91.1 cm³/mol. The van der Waals surface area contributed by atoms with E-state index in [1.807, 2.05) is 37.3 Å². The van der Waals surface area contributed by atoms with Crippen molar-refractivity contribution in [2.75, 3.05) is 6.54 Å². The first kappa shape index (κ1) is 16.5. The number of nitrogens with one attached hydrogen (secondary N) is 1. The number of allylic oxidation sites excluding steroid dienone is 1. The van der Waals surface area contributed by atoms with Crippen LogP contribution >= 0.6 is 0 Å². The molecular weight excluding hydrogens is 294 g/mol. The second-order valence-corrected chi connectivity index (χ2v) is 6.93. The Hall–Kier alpha value is -1.91. The molecule has 0 aliphatic carbocycles. The Balaban J connectivity index is 1.76. The molecule has 22 heavy (non-hydrogen) atoms. The maximum absolute atomic E-state index is 12.1. The van der Waals surface area contributed by atoms with E-state index in [0.717, 1.165) is 24.0 Å². The molecule has 0 aliphatic heterocycles. The lowest BCUT2D eigenvalue weighted by Gasteiger charge is -2.06. The molecule has 3 nitrogen and oxygen atoms in total. The maximum Gasteiger partial charge on any atom is 0.240 e. The smallest absolute Gasteiger partial charge is 0.211 e. The standard InChI is InChI=1S/C18H21NO2S/c1-16-11-13-18(14-12-16)22(20,21)19-15-7-3-6-10-17-8-4-2-5-9-17/h2,4-6,8-14,19H,3,7,15H2,1H3/b10-6-. The normalized spacial score (nSPS) is 11.9. The molecule has 2 aromatic carbocycles. The molecule has 1 N–H and O–H groups in total. The number of aryl methyl sites for hydroxylation is 1. The Morgan fingerprint density at radius 2 is 1.68 bits per heavy atom. The Morgan fingerprint density at radius 3 is 2.36 bits per heavy atom. The molecule has 0 heterocycles. The highest BCUT2D eigenvalue weighted by atomic mass is 32.2. The minimum Gasteiger partial charge on any atom is -0.211 e. The van der Waals surface area contributed by atoms with Gasteiger partial charge in [-0.25, -0.2) is 13.1 Å². The highest BCUT2D eigenvalue weighted by Gasteiger charge is 2.11. The van der Waals surface area contributed by atoms with Gasteiger partial charge in [0, 0.05) is 6.54 Å². The quantitative estimate of drug-likeness (QED) is 0.791. The summed E-state index contributed by atoms with van der Waals surface area (Å²) in [7, 11) is -3.39. The van der Waals surface area contributed by atoms with Gasteiger partial charge >= 0.3 is 0 Å². The molecule has 2 aromatic rings. The molecule has 0 radical (unpaired) electrons. The van der Waals surface area contributed by atoms with Crippen LogP contribution in [-0.2, 0) is 10.0 Å². The van der Waals surface area contributed by atoms with Crippen LogP contribution in [0.25, 0.3) is 6.08 Å². The fraction of sp³-hybridized carbons (Fsp3) is 0.222. The topological polar surface area (TPSA) is 46.2 Å². The molecule has 0 aromatic heterocycles. The summed E-state index contributed by atoms with van der Waals surface area (Å²) in [5.74, 6) is 0. The van der Waals surface area contributed by atoms with E-state index in [-0.39, 0.29) is 0 Å². The highest BCUT2D eigenvalue weighted by molar-refractivity contribution is 7.89. The Bertz CT molecular complexity index is 705. The first-order valence-electron chi connectivity index (χ1n) is 7.36. The summed E-state index contributed by atoms with van der Waals surface area (Å²) in [6.45, 7) is 2.37. The first-order valence-corrected chi connectivity index (χ1v) is 8.84. The van der Waals surface area contributed by atoms with Gasteiger partial charge in [0.2, 0.25) is 10.0 Å². The SMILES string of the molecule is Cc1ccc(S(=O)(=O)NCCC/C=C\c2ccccc2)cc1. The molecule has 4 heteroatoms. The molecule has 0 amide bonds. The summed E-state index contributed by atoms with van der Waals surface area (Å²) in [6.07, 6.45) is 5.73. The van der Waals surface area contributed by atoms with Crippen LogP contribution in [0.2, 0.25) is 0 Å². The van der Waals surface area contributed by atoms with Crippen molar-refractivity contribution in [1.29, 1.82) is 0 Å². The van der Waals surface area contributed by atoms with E-state index in [1.54, 1.807) is 24.3 Å². The molecule has 0 bridgehead atoms. The Labute approximate surface area is 132 Å². The van der Waals surface area contributed by atoms with E-state index in [0.29, 0.717) is 11.4 Å². The average Bonchev–Trinajstić information content (AvgIpc) is 2.52. The summed E-state index contributed by atoms with van der Waals surface area (Å²) in [4.78, 5) is 0.318. The number of rotatable bonds is 7. The van der Waals surface area contributed by atoms with Crippen molar-refractivity contribution in [3.05, 3.63) is 71.8 Å². The van der Waals surface area contributed by atoms with Gasteiger partial charge in [0.1, 0.15) is 0 Å². The van der Waals surface area contributed by atoms with E-state index < -0.39 is 10.0 Å². The number of sulfonamides is 1. The van der Waals surface area contributed by atoms with Crippen LogP contribution in [0.5, 0.6) is 0 Å². The molecule has 2 rings (SSSR count). The molecular formula is C18H21NO2S. The molecule has 0 fully saturated rings. The van der Waals surface area contributed by atoms with E-state index in [1.165, 1.54) is 0 Å². The molecule has 0 saturated heterocycles. The van der Waals surface area contributed by atoms with Gasteiger partial charge in [-0.2, -0.15) is 0 Å². The van der Waals surface area contributed by atoms with Gasteiger partial charge in [-0.05, 0) is 37.5 Å². The van der Waals surface area contributed by atoms with Crippen molar-refractivity contribution in [2.24, 2.45) is 0 Å². The van der Waals surface area contributed by atoms with E-state index >= 15 is 0 Å². The Morgan fingerprint density at radius 1 is 1.00 bits per heavy atom. The maximum atomic E-state index is 12.1. The third kappa shape index (κ3) is 5.13. The Kier molecular flexibility index (Phi) is 5.92. The van der Waals surface area contributed by atoms with E-state index in [9.17, 15) is 8.42 Å². The summed E-state index contributed by atoms with van der Waals surface area (Å²) < 4.78 is 26.8. The lowest BCUT2D eigenvalue weighted by Crippen LogP contribution is -2.24. The predicted octanol–water partition coefficient (Wildman–Crippen LogP) is 3.77. The summed E-state index contributed by atoms with van der Waals surface area (Å²) in [6, 6.07) is 16.9. The number of hydrogen-bond acceptors (Lipinski definition) is 2. The van der Waals surface area contributed by atoms with E-state index in [4.69, 9.17) is 0 Å².